The van der Waals surface area contributed by atoms with Crippen LogP contribution in [0.5, 0.6) is 0 Å². The number of anilines is 1. The highest BCUT2D eigenvalue weighted by Crippen LogP contribution is 2.32. The van der Waals surface area contributed by atoms with Crippen molar-refractivity contribution in [3.8, 4) is 0 Å². The molecule has 2 atom stereocenters. The smallest absolute Gasteiger partial charge is 0.161 e. The Morgan fingerprint density at radius 2 is 2.28 bits per heavy atom. The largest absolute Gasteiger partial charge is 0.496 e. The van der Waals surface area contributed by atoms with Gasteiger partial charge in [0.25, 0.3) is 0 Å². The van der Waals surface area contributed by atoms with Crippen LogP contribution in [0.4, 0.5) is 5.82 Å². The first-order chi connectivity index (χ1) is 12.4. The maximum Gasteiger partial charge on any atom is 0.161 e. The van der Waals surface area contributed by atoms with Crippen molar-refractivity contribution in [3.05, 3.63) is 48.0 Å². The van der Waals surface area contributed by atoms with E-state index in [2.05, 4.69) is 33.5 Å². The third kappa shape index (κ3) is 2.80. The lowest BCUT2D eigenvalue weighted by Crippen LogP contribution is -2.36. The molecule has 1 unspecified atom stereocenters. The van der Waals surface area contributed by atoms with E-state index < -0.39 is 0 Å². The van der Waals surface area contributed by atoms with Gasteiger partial charge in [-0.2, -0.15) is 5.10 Å². The highest BCUT2D eigenvalue weighted by Gasteiger charge is 2.26. The molecule has 3 aliphatic rings. The van der Waals surface area contributed by atoms with Gasteiger partial charge in [-0.15, -0.1) is 0 Å². The van der Waals surface area contributed by atoms with E-state index in [0.717, 1.165) is 55.4 Å². The molecular formula is C19H23N5O. The molecule has 0 amide bonds. The fourth-order valence-electron chi connectivity index (χ4n) is 4.13. The molecule has 2 aromatic heterocycles. The van der Waals surface area contributed by atoms with Gasteiger partial charge in [-0.25, -0.2) is 9.50 Å². The zero-order chi connectivity index (χ0) is 16.6. The van der Waals surface area contributed by atoms with E-state index in [0.29, 0.717) is 6.04 Å². The molecular weight excluding hydrogens is 314 g/mol. The molecule has 0 spiro atoms. The first-order valence-electron chi connectivity index (χ1n) is 9.19. The first kappa shape index (κ1) is 15.0. The molecule has 1 fully saturated rings. The second-order valence-electron chi connectivity index (χ2n) is 7.08. The van der Waals surface area contributed by atoms with E-state index in [1.807, 2.05) is 23.0 Å². The Bertz CT molecular complexity index is 839. The average Bonchev–Trinajstić information content (AvgIpc) is 3.26. The molecule has 4 heterocycles. The molecule has 6 nitrogen and oxygen atoms in total. The molecule has 0 aromatic carbocycles. The Balaban J connectivity index is 1.51. The van der Waals surface area contributed by atoms with E-state index >= 15 is 0 Å². The van der Waals surface area contributed by atoms with Crippen LogP contribution >= 0.6 is 0 Å². The SMILES string of the molecule is C1=CC2CC(=C1)OC[C@@H]1CCCN1CCNc1ccn3ncc2c3n1. The van der Waals surface area contributed by atoms with Crippen molar-refractivity contribution in [1.29, 1.82) is 0 Å². The highest BCUT2D eigenvalue weighted by molar-refractivity contribution is 5.54. The van der Waals surface area contributed by atoms with Crippen molar-refractivity contribution in [2.45, 2.75) is 31.2 Å². The van der Waals surface area contributed by atoms with Crippen LogP contribution in [-0.2, 0) is 4.74 Å². The predicted octanol–water partition coefficient (Wildman–Crippen LogP) is 2.56. The van der Waals surface area contributed by atoms with Crippen LogP contribution in [-0.4, -0.2) is 51.8 Å². The van der Waals surface area contributed by atoms with Crippen molar-refractivity contribution in [3.63, 3.8) is 0 Å². The van der Waals surface area contributed by atoms with E-state index in [1.54, 1.807) is 0 Å². The van der Waals surface area contributed by atoms with Crippen molar-refractivity contribution in [2.75, 3.05) is 31.6 Å². The fraction of sp³-hybridized carbons (Fsp3) is 0.474. The average molecular weight is 337 g/mol. The van der Waals surface area contributed by atoms with E-state index in [4.69, 9.17) is 9.72 Å². The molecule has 0 radical (unpaired) electrons. The lowest BCUT2D eigenvalue weighted by molar-refractivity contribution is 0.120. The Kier molecular flexibility index (Phi) is 3.70. The van der Waals surface area contributed by atoms with Crippen molar-refractivity contribution >= 4 is 11.5 Å². The number of nitrogens with zero attached hydrogens (tertiary/aromatic N) is 4. The zero-order valence-electron chi connectivity index (χ0n) is 14.3. The number of ether oxygens (including phenoxy) is 1. The summed E-state index contributed by atoms with van der Waals surface area (Å²) in [6.45, 7) is 3.87. The van der Waals surface area contributed by atoms with Gasteiger partial charge in [0.1, 0.15) is 12.4 Å². The normalized spacial score (nSPS) is 26.6. The standard InChI is InChI=1S/C19H23N5O/c1-3-14-11-16(5-1)25-13-15-4-2-8-23(15)10-7-20-18-6-9-24-19(22-18)17(14)12-21-24/h1,3,5-6,9,12,14-15H,2,4,7-8,10-11,13H2,(H,20,22)/t14?,15-/m0/s1. The summed E-state index contributed by atoms with van der Waals surface area (Å²) in [4.78, 5) is 7.35. The summed E-state index contributed by atoms with van der Waals surface area (Å²) in [6.07, 6.45) is 13.7. The van der Waals surface area contributed by atoms with Gasteiger partial charge in [0.15, 0.2) is 5.65 Å². The summed E-state index contributed by atoms with van der Waals surface area (Å²) >= 11 is 0. The molecule has 4 bridgehead atoms. The number of rotatable bonds is 0. The third-order valence-corrected chi connectivity index (χ3v) is 5.51. The first-order valence-corrected chi connectivity index (χ1v) is 9.19. The van der Waals surface area contributed by atoms with Gasteiger partial charge in [-0.3, -0.25) is 4.90 Å². The van der Waals surface area contributed by atoms with Crippen LogP contribution in [0, 0.1) is 0 Å². The minimum Gasteiger partial charge on any atom is -0.496 e. The maximum atomic E-state index is 6.20. The fourth-order valence-corrected chi connectivity index (χ4v) is 4.13. The molecule has 1 N–H and O–H groups in total. The van der Waals surface area contributed by atoms with Crippen LogP contribution in [0.15, 0.2) is 42.4 Å². The van der Waals surface area contributed by atoms with Crippen LogP contribution in [0.2, 0.25) is 0 Å². The Morgan fingerprint density at radius 3 is 3.28 bits per heavy atom. The second kappa shape index (κ2) is 6.19. The minimum absolute atomic E-state index is 0.267. The summed E-state index contributed by atoms with van der Waals surface area (Å²) in [5.74, 6) is 2.27. The molecule has 6 heteroatoms. The Labute approximate surface area is 147 Å². The summed E-state index contributed by atoms with van der Waals surface area (Å²) < 4.78 is 8.06. The van der Waals surface area contributed by atoms with Crippen molar-refractivity contribution in [1.82, 2.24) is 19.5 Å². The number of hydrogen-bond donors (Lipinski definition) is 1. The Hall–Kier alpha value is -2.34. The van der Waals surface area contributed by atoms with Gasteiger partial charge in [0, 0.05) is 43.2 Å². The number of aromatic nitrogens is 3. The monoisotopic (exact) mass is 337 g/mol. The van der Waals surface area contributed by atoms with Gasteiger partial charge in [-0.1, -0.05) is 12.2 Å². The van der Waals surface area contributed by atoms with Gasteiger partial charge in [-0.05, 0) is 31.5 Å². The quantitative estimate of drug-likeness (QED) is 0.801. The van der Waals surface area contributed by atoms with Gasteiger partial charge in [0.05, 0.1) is 12.0 Å². The molecule has 2 aromatic rings. The minimum atomic E-state index is 0.267. The number of nitrogens with one attached hydrogen (secondary N) is 1. The van der Waals surface area contributed by atoms with Gasteiger partial charge < -0.3 is 10.1 Å². The molecule has 1 aliphatic carbocycles. The van der Waals surface area contributed by atoms with Crippen LogP contribution in [0.1, 0.15) is 30.7 Å². The molecule has 5 rings (SSSR count). The number of allylic oxidation sites excluding steroid dienone is 4. The number of hydrogen-bond acceptors (Lipinski definition) is 5. The molecule has 1 saturated heterocycles. The summed E-state index contributed by atoms with van der Waals surface area (Å²) in [7, 11) is 0. The highest BCUT2D eigenvalue weighted by atomic mass is 16.5. The summed E-state index contributed by atoms with van der Waals surface area (Å²) in [5, 5.41) is 7.95. The molecule has 2 aliphatic heterocycles. The van der Waals surface area contributed by atoms with Crippen LogP contribution in [0.25, 0.3) is 5.65 Å². The van der Waals surface area contributed by atoms with E-state index in [9.17, 15) is 0 Å². The molecule has 0 saturated carbocycles. The number of fused-ring (bicyclic) bond motifs is 5. The lowest BCUT2D eigenvalue weighted by Gasteiger charge is -2.26. The van der Waals surface area contributed by atoms with E-state index in [1.165, 1.54) is 12.8 Å². The summed E-state index contributed by atoms with van der Waals surface area (Å²) in [6, 6.07) is 2.53. The predicted molar refractivity (Wildman–Crippen MR) is 96.6 cm³/mol. The lowest BCUT2D eigenvalue weighted by atomic mass is 9.93. The van der Waals surface area contributed by atoms with Gasteiger partial charge in [0.2, 0.25) is 0 Å². The topological polar surface area (TPSA) is 54.7 Å². The molecule has 25 heavy (non-hydrogen) atoms. The van der Waals surface area contributed by atoms with Crippen LogP contribution < -0.4 is 5.32 Å². The zero-order valence-corrected chi connectivity index (χ0v) is 14.3. The van der Waals surface area contributed by atoms with Crippen molar-refractivity contribution in [2.24, 2.45) is 0 Å². The Morgan fingerprint density at radius 1 is 1.28 bits per heavy atom. The summed E-state index contributed by atoms with van der Waals surface area (Å²) in [5.41, 5.74) is 2.09. The van der Waals surface area contributed by atoms with Crippen molar-refractivity contribution < 1.29 is 4.74 Å². The van der Waals surface area contributed by atoms with Gasteiger partial charge >= 0.3 is 0 Å². The molecule has 130 valence electrons. The third-order valence-electron chi connectivity index (χ3n) is 5.51. The van der Waals surface area contributed by atoms with Crippen LogP contribution in [0.3, 0.4) is 0 Å². The maximum absolute atomic E-state index is 6.20. The second-order valence-corrected chi connectivity index (χ2v) is 7.08. The van der Waals surface area contributed by atoms with E-state index in [-0.39, 0.29) is 5.92 Å².